The summed E-state index contributed by atoms with van der Waals surface area (Å²) < 4.78 is 24.7. The minimum Gasteiger partial charge on any atom is -0.463 e. The highest BCUT2D eigenvalue weighted by atomic mass is 16.7. The summed E-state index contributed by atoms with van der Waals surface area (Å²) in [6, 6.07) is 3.03. The second-order valence-corrected chi connectivity index (χ2v) is 12.3. The Morgan fingerprint density at radius 1 is 0.837 bits per heavy atom. The van der Waals surface area contributed by atoms with E-state index in [-0.39, 0.29) is 18.4 Å². The summed E-state index contributed by atoms with van der Waals surface area (Å²) in [5.74, 6) is -2.56. The minimum absolute atomic E-state index is 0.263. The molecule has 5 rings (SSSR count). The standard InChI is InChI=1S/C31H41N3O9/c32-19-31(34-17-16-24(35)33-30(34)39)26(42-29(38)22-14-8-3-9-15-22)25(41-28(37)21-12-6-2-7-13-21)23(43-31)18-40-27(36)20-10-4-1-5-11-20/h16-17,20-23,25-26H,1-15,18H2,(H,33,35,39). The van der Waals surface area contributed by atoms with E-state index in [0.717, 1.165) is 74.6 Å². The number of aromatic amines is 1. The van der Waals surface area contributed by atoms with Gasteiger partial charge in [0.1, 0.15) is 18.8 Å². The Morgan fingerprint density at radius 3 is 1.86 bits per heavy atom. The molecule has 0 aromatic carbocycles. The van der Waals surface area contributed by atoms with E-state index in [0.29, 0.717) is 38.5 Å². The van der Waals surface area contributed by atoms with Crippen LogP contribution in [-0.4, -0.2) is 52.4 Å². The van der Waals surface area contributed by atoms with Crippen molar-refractivity contribution in [3.05, 3.63) is 33.1 Å². The fraction of sp³-hybridized carbons (Fsp3) is 0.742. The van der Waals surface area contributed by atoms with Crippen LogP contribution >= 0.6 is 0 Å². The monoisotopic (exact) mass is 599 g/mol. The first-order valence-electron chi connectivity index (χ1n) is 15.8. The molecule has 234 valence electrons. The van der Waals surface area contributed by atoms with Crippen LogP contribution in [0.1, 0.15) is 96.3 Å². The fourth-order valence-corrected chi connectivity index (χ4v) is 6.96. The molecule has 0 radical (unpaired) electrons. The summed E-state index contributed by atoms with van der Waals surface area (Å²) in [5, 5.41) is 10.6. The van der Waals surface area contributed by atoms with Crippen LogP contribution in [0.3, 0.4) is 0 Å². The quantitative estimate of drug-likeness (QED) is 0.346. The molecule has 0 amide bonds. The number of nitriles is 1. The molecule has 1 aliphatic heterocycles. The van der Waals surface area contributed by atoms with Crippen LogP contribution in [0.4, 0.5) is 0 Å². The molecule has 0 spiro atoms. The van der Waals surface area contributed by atoms with Gasteiger partial charge in [-0.15, -0.1) is 0 Å². The molecule has 12 nitrogen and oxygen atoms in total. The molecule has 12 heteroatoms. The first kappa shape index (κ1) is 31.0. The maximum absolute atomic E-state index is 13.5. The van der Waals surface area contributed by atoms with Gasteiger partial charge in [-0.2, -0.15) is 5.26 Å². The molecule has 1 saturated heterocycles. The summed E-state index contributed by atoms with van der Waals surface area (Å²) in [7, 11) is 0. The number of hydrogen-bond donors (Lipinski definition) is 1. The van der Waals surface area contributed by atoms with Crippen LogP contribution in [0, 0.1) is 29.1 Å². The van der Waals surface area contributed by atoms with Gasteiger partial charge >= 0.3 is 23.6 Å². The lowest BCUT2D eigenvalue weighted by molar-refractivity contribution is -0.179. The lowest BCUT2D eigenvalue weighted by Gasteiger charge is -2.32. The number of carbonyl (C=O) groups excluding carboxylic acids is 3. The highest BCUT2D eigenvalue weighted by Crippen LogP contribution is 2.41. The van der Waals surface area contributed by atoms with Crippen LogP contribution in [0.25, 0.3) is 0 Å². The van der Waals surface area contributed by atoms with Gasteiger partial charge in [-0.3, -0.25) is 28.7 Å². The Bertz CT molecular complexity index is 1310. The zero-order chi connectivity index (χ0) is 30.4. The van der Waals surface area contributed by atoms with Crippen LogP contribution in [0.5, 0.6) is 0 Å². The van der Waals surface area contributed by atoms with Crippen molar-refractivity contribution in [2.24, 2.45) is 17.8 Å². The lowest BCUT2D eigenvalue weighted by atomic mass is 9.89. The average molecular weight is 600 g/mol. The first-order valence-corrected chi connectivity index (χ1v) is 15.8. The molecule has 3 saturated carbocycles. The Morgan fingerprint density at radius 2 is 1.35 bits per heavy atom. The SMILES string of the molecule is N#CC1(n2ccc(=O)[nH]c2=O)OC(COC(=O)C2CCCCC2)C(OC(=O)C2CCCCC2)C1OC(=O)C1CCCCC1. The summed E-state index contributed by atoms with van der Waals surface area (Å²) in [6.07, 6.45) is 9.25. The van der Waals surface area contributed by atoms with Gasteiger partial charge in [-0.1, -0.05) is 57.8 Å². The second kappa shape index (κ2) is 13.9. The van der Waals surface area contributed by atoms with E-state index >= 15 is 0 Å². The highest BCUT2D eigenvalue weighted by molar-refractivity contribution is 5.74. The molecular formula is C31H41N3O9. The van der Waals surface area contributed by atoms with Crippen molar-refractivity contribution in [3.8, 4) is 6.07 Å². The number of ether oxygens (including phenoxy) is 4. The van der Waals surface area contributed by atoms with Gasteiger partial charge in [-0.05, 0) is 38.5 Å². The van der Waals surface area contributed by atoms with E-state index in [1.165, 1.54) is 0 Å². The van der Waals surface area contributed by atoms with E-state index < -0.39 is 59.1 Å². The highest BCUT2D eigenvalue weighted by Gasteiger charge is 2.63. The van der Waals surface area contributed by atoms with Crippen molar-refractivity contribution in [1.82, 2.24) is 9.55 Å². The summed E-state index contributed by atoms with van der Waals surface area (Å²) in [5.41, 5.74) is -3.96. The molecule has 4 unspecified atom stereocenters. The smallest absolute Gasteiger partial charge is 0.331 e. The summed E-state index contributed by atoms with van der Waals surface area (Å²) in [4.78, 5) is 66.9. The Hall–Kier alpha value is -3.46. The van der Waals surface area contributed by atoms with Gasteiger partial charge in [0.05, 0.1) is 17.8 Å². The Labute approximate surface area is 250 Å². The molecule has 3 aliphatic carbocycles. The fourth-order valence-electron chi connectivity index (χ4n) is 6.96. The second-order valence-electron chi connectivity index (χ2n) is 12.3. The third kappa shape index (κ3) is 6.87. The molecule has 2 heterocycles. The van der Waals surface area contributed by atoms with E-state index in [9.17, 15) is 29.2 Å². The van der Waals surface area contributed by atoms with E-state index in [4.69, 9.17) is 18.9 Å². The van der Waals surface area contributed by atoms with Crippen molar-refractivity contribution in [2.45, 2.75) is 120 Å². The number of carbonyl (C=O) groups is 3. The number of hydrogen-bond acceptors (Lipinski definition) is 10. The van der Waals surface area contributed by atoms with Crippen molar-refractivity contribution in [3.63, 3.8) is 0 Å². The van der Waals surface area contributed by atoms with Crippen molar-refractivity contribution < 1.29 is 33.3 Å². The third-order valence-corrected chi connectivity index (χ3v) is 9.42. The number of esters is 3. The van der Waals surface area contributed by atoms with E-state index in [1.54, 1.807) is 0 Å². The molecule has 1 N–H and O–H groups in total. The maximum atomic E-state index is 13.5. The molecule has 4 fully saturated rings. The van der Waals surface area contributed by atoms with Crippen LogP contribution < -0.4 is 11.2 Å². The normalized spacial score (nSPS) is 29.0. The zero-order valence-electron chi connectivity index (χ0n) is 24.5. The van der Waals surface area contributed by atoms with Crippen molar-refractivity contribution in [1.29, 1.82) is 5.26 Å². The molecular weight excluding hydrogens is 558 g/mol. The zero-order valence-corrected chi connectivity index (χ0v) is 24.5. The van der Waals surface area contributed by atoms with Crippen LogP contribution in [-0.2, 0) is 39.1 Å². The molecule has 0 bridgehead atoms. The minimum atomic E-state index is -2.30. The summed E-state index contributed by atoms with van der Waals surface area (Å²) in [6.45, 7) is -0.378. The first-order chi connectivity index (χ1) is 20.8. The number of nitrogens with one attached hydrogen (secondary N) is 1. The lowest BCUT2D eigenvalue weighted by Crippen LogP contribution is -2.53. The molecule has 4 aliphatic rings. The predicted molar refractivity (Wildman–Crippen MR) is 150 cm³/mol. The van der Waals surface area contributed by atoms with Crippen molar-refractivity contribution in [2.75, 3.05) is 6.61 Å². The number of H-pyrrole nitrogens is 1. The topological polar surface area (TPSA) is 167 Å². The Balaban J connectivity index is 1.49. The summed E-state index contributed by atoms with van der Waals surface area (Å²) >= 11 is 0. The van der Waals surface area contributed by atoms with Gasteiger partial charge in [-0.25, -0.2) is 4.79 Å². The number of aromatic nitrogens is 2. The molecule has 1 aromatic rings. The number of nitrogens with zero attached hydrogens (tertiary/aromatic N) is 2. The average Bonchev–Trinajstić information content (AvgIpc) is 3.33. The third-order valence-electron chi connectivity index (χ3n) is 9.42. The molecule has 1 aromatic heterocycles. The van der Waals surface area contributed by atoms with E-state index in [2.05, 4.69) is 4.98 Å². The van der Waals surface area contributed by atoms with Crippen molar-refractivity contribution >= 4 is 17.9 Å². The van der Waals surface area contributed by atoms with Gasteiger partial charge in [0, 0.05) is 12.3 Å². The van der Waals surface area contributed by atoms with Gasteiger partial charge in [0.2, 0.25) is 6.10 Å². The van der Waals surface area contributed by atoms with Gasteiger partial charge in [0.15, 0.2) is 6.10 Å². The maximum Gasteiger partial charge on any atom is 0.331 e. The van der Waals surface area contributed by atoms with Gasteiger partial charge in [0.25, 0.3) is 11.3 Å². The number of rotatable bonds is 8. The van der Waals surface area contributed by atoms with Crippen LogP contribution in [0.15, 0.2) is 21.9 Å². The van der Waals surface area contributed by atoms with E-state index in [1.807, 2.05) is 6.07 Å². The molecule has 43 heavy (non-hydrogen) atoms. The van der Waals surface area contributed by atoms with Crippen LogP contribution in [0.2, 0.25) is 0 Å². The largest absolute Gasteiger partial charge is 0.463 e. The predicted octanol–water partition coefficient (Wildman–Crippen LogP) is 3.22. The Kier molecular flexibility index (Phi) is 10.0. The molecule has 4 atom stereocenters. The van der Waals surface area contributed by atoms with Gasteiger partial charge < -0.3 is 18.9 Å².